The normalized spacial score (nSPS) is 58.3. The predicted molar refractivity (Wildman–Crippen MR) is 86.7 cm³/mol. The number of hydrogen-bond acceptors (Lipinski definition) is 2. The Kier molecular flexibility index (Phi) is 3.28. The molecule has 0 aliphatic heterocycles. The summed E-state index contributed by atoms with van der Waals surface area (Å²) in [6.45, 7) is 0. The zero-order chi connectivity index (χ0) is 15.1. The van der Waals surface area contributed by atoms with Crippen molar-refractivity contribution in [3.05, 3.63) is 0 Å². The third-order valence-electron chi connectivity index (χ3n) is 8.59. The molecule has 3 heteroatoms. The van der Waals surface area contributed by atoms with E-state index in [2.05, 4.69) is 0 Å². The van der Waals surface area contributed by atoms with Crippen LogP contribution in [0.1, 0.15) is 77.0 Å². The summed E-state index contributed by atoms with van der Waals surface area (Å²) in [5.74, 6) is 6.31. The zero-order valence-corrected chi connectivity index (χ0v) is 18.5. The summed E-state index contributed by atoms with van der Waals surface area (Å²) in [6, 6.07) is 0. The van der Waals surface area contributed by atoms with Gasteiger partial charge in [0.15, 0.2) is 0 Å². The van der Waals surface area contributed by atoms with Crippen molar-refractivity contribution in [1.29, 1.82) is 0 Å². The van der Waals surface area contributed by atoms with Crippen molar-refractivity contribution < 1.29 is 27.4 Å². The molecule has 8 bridgehead atoms. The molecule has 122 valence electrons. The molecule has 0 atom stereocenters. The fraction of sp³-hybridized carbons (Fsp3) is 1.00. The fourth-order valence-corrected chi connectivity index (χ4v) is 12.9. The van der Waals surface area contributed by atoms with Gasteiger partial charge in [-0.15, -0.1) is 0 Å². The van der Waals surface area contributed by atoms with E-state index in [0.29, 0.717) is 11.1 Å². The van der Waals surface area contributed by atoms with E-state index >= 15 is 0 Å². The molecule has 23 heavy (non-hydrogen) atoms. The second-order valence-corrected chi connectivity index (χ2v) is 13.3. The molecule has 8 fully saturated rings. The van der Waals surface area contributed by atoms with E-state index in [1.165, 1.54) is 38.5 Å². The minimum absolute atomic E-state index is 0.469. The van der Waals surface area contributed by atoms with Gasteiger partial charge < -0.3 is 0 Å². The van der Waals surface area contributed by atoms with Crippen LogP contribution in [0.5, 0.6) is 0 Å². The van der Waals surface area contributed by atoms with Gasteiger partial charge in [-0.25, -0.2) is 0 Å². The van der Waals surface area contributed by atoms with Gasteiger partial charge in [-0.05, 0) is 0 Å². The third-order valence-corrected chi connectivity index (χ3v) is 13.4. The van der Waals surface area contributed by atoms with Crippen LogP contribution >= 0.6 is 0 Å². The van der Waals surface area contributed by atoms with Crippen LogP contribution in [0, 0.1) is 62.9 Å². The molecule has 0 radical (unpaired) electrons. The second kappa shape index (κ2) is 5.10. The first-order valence-corrected chi connectivity index (χ1v) is 14.1. The maximum atomic E-state index is 5.53. The number of hydrogen-bond donors (Lipinski definition) is 0. The molecule has 8 aliphatic rings. The molecule has 2 nitrogen and oxygen atoms in total. The monoisotopic (exact) mass is 536 g/mol. The fourth-order valence-electron chi connectivity index (χ4n) is 8.64. The van der Waals surface area contributed by atoms with Crippen molar-refractivity contribution in [3.8, 4) is 0 Å². The van der Waals surface area contributed by atoms with Crippen LogP contribution in [0.2, 0.25) is 0 Å². The Morgan fingerprint density at radius 3 is 1.00 bits per heavy atom. The average Bonchev–Trinajstić information content (AvgIpc) is 2.43. The van der Waals surface area contributed by atoms with Crippen molar-refractivity contribution in [2.75, 3.05) is 0 Å². The Hall–Kier alpha value is 0.652. The first kappa shape index (κ1) is 14.8. The Bertz CT molecular complexity index is 470. The second-order valence-electron chi connectivity index (χ2n) is 10.6. The summed E-state index contributed by atoms with van der Waals surface area (Å²) < 4.78 is 11.1. The predicted octanol–water partition coefficient (Wildman–Crippen LogP) is 5.38. The first-order chi connectivity index (χ1) is 11.2. The van der Waals surface area contributed by atoms with Gasteiger partial charge in [0, 0.05) is 0 Å². The summed E-state index contributed by atoms with van der Waals surface area (Å²) >= 11 is -1.25. The topological polar surface area (TPSA) is 24.7 Å². The van der Waals surface area contributed by atoms with Crippen LogP contribution in [0.25, 0.3) is 0 Å². The molecule has 0 aromatic rings. The summed E-state index contributed by atoms with van der Waals surface area (Å²) in [5, 5.41) is 0. The average molecular weight is 537 g/mol. The van der Waals surface area contributed by atoms with Crippen molar-refractivity contribution >= 4 is 0 Å². The summed E-state index contributed by atoms with van der Waals surface area (Å²) in [4.78, 5) is 0. The van der Waals surface area contributed by atoms with Crippen LogP contribution in [0.4, 0.5) is 0 Å². The van der Waals surface area contributed by atoms with Gasteiger partial charge in [0.05, 0.1) is 0 Å². The Morgan fingerprint density at radius 1 is 0.478 bits per heavy atom. The molecule has 8 aliphatic carbocycles. The van der Waals surface area contributed by atoms with Crippen LogP contribution in [-0.4, -0.2) is 11.1 Å². The van der Waals surface area contributed by atoms with E-state index in [1.54, 1.807) is 38.5 Å². The van der Waals surface area contributed by atoms with Gasteiger partial charge in [0.25, 0.3) is 0 Å². The van der Waals surface area contributed by atoms with Gasteiger partial charge in [-0.1, -0.05) is 0 Å². The van der Waals surface area contributed by atoms with Gasteiger partial charge in [0.2, 0.25) is 0 Å². The summed E-state index contributed by atoms with van der Waals surface area (Å²) in [7, 11) is 0. The molecule has 0 unspecified atom stereocenters. The summed E-state index contributed by atoms with van der Waals surface area (Å²) in [5.41, 5.74) is 0.937. The molecule has 0 N–H and O–H groups in total. The molecule has 0 aromatic carbocycles. The zero-order valence-electron chi connectivity index (χ0n) is 14.3. The maximum absolute atomic E-state index is 5.53. The molecule has 8 saturated carbocycles. The molecular formula is C20H30N2U+2. The molecule has 0 spiro atoms. The Morgan fingerprint density at radius 2 is 0.739 bits per heavy atom. The molecule has 0 aromatic heterocycles. The minimum atomic E-state index is -1.25. The summed E-state index contributed by atoms with van der Waals surface area (Å²) in [6.07, 6.45) is 18.1. The van der Waals surface area contributed by atoms with E-state index in [9.17, 15) is 0 Å². The van der Waals surface area contributed by atoms with Crippen molar-refractivity contribution in [1.82, 2.24) is 0 Å². The van der Waals surface area contributed by atoms with E-state index in [-0.39, 0.29) is 0 Å². The molecule has 0 amide bonds. The van der Waals surface area contributed by atoms with Gasteiger partial charge >= 0.3 is 156 Å². The van der Waals surface area contributed by atoms with Crippen LogP contribution in [-0.2, 0) is 0 Å². The SMILES string of the molecule is C1C2CC3CC1CC([N]=[U+2]=[N]C14CC5CC(CC(C5)C1)C4)(C2)C3. The standard InChI is InChI=1S/2C10H15N.U/c2*11-10-4-7-1-8(5-10)3-9(2-7)6-10;/h2*7-9H,1-6H2;/q;;+2. The van der Waals surface area contributed by atoms with Gasteiger partial charge in [-0.2, -0.15) is 0 Å². The molecule has 0 heterocycles. The molecule has 8 rings (SSSR count). The number of rotatable bonds is 2. The van der Waals surface area contributed by atoms with Crippen LogP contribution < -0.4 is 0 Å². The van der Waals surface area contributed by atoms with Crippen LogP contribution in [0.3, 0.4) is 0 Å². The first-order valence-electron chi connectivity index (χ1n) is 10.4. The van der Waals surface area contributed by atoms with Gasteiger partial charge in [0.1, 0.15) is 0 Å². The van der Waals surface area contributed by atoms with E-state index in [1.807, 2.05) is 0 Å². The molecule has 0 saturated heterocycles. The Labute approximate surface area is 155 Å². The quantitative estimate of drug-likeness (QED) is 0.453. The van der Waals surface area contributed by atoms with E-state index in [4.69, 9.17) is 4.51 Å². The Balaban J connectivity index is 1.27. The van der Waals surface area contributed by atoms with Crippen molar-refractivity contribution in [2.45, 2.75) is 88.1 Å². The van der Waals surface area contributed by atoms with Crippen molar-refractivity contribution in [2.24, 2.45) is 40.0 Å². The number of nitrogens with zero attached hydrogens (tertiary/aromatic N) is 2. The molecular weight excluding hydrogens is 506 g/mol. The third kappa shape index (κ3) is 2.46. The van der Waals surface area contributed by atoms with E-state index in [0.717, 1.165) is 35.5 Å². The van der Waals surface area contributed by atoms with Crippen LogP contribution in [0.15, 0.2) is 4.51 Å². The van der Waals surface area contributed by atoms with E-state index < -0.39 is 27.4 Å². The van der Waals surface area contributed by atoms with Crippen molar-refractivity contribution in [3.63, 3.8) is 0 Å². The van der Waals surface area contributed by atoms with Gasteiger partial charge in [-0.3, -0.25) is 0 Å².